The molecule has 0 spiro atoms. The lowest BCUT2D eigenvalue weighted by molar-refractivity contribution is -0.140. The van der Waals surface area contributed by atoms with Gasteiger partial charge in [0.15, 0.2) is 5.96 Å². The SMILES string of the molecule is CCNC(=NCCCCCC(=O)OC)NCCOCCC(C)C. The third-order valence-corrected chi connectivity index (χ3v) is 3.26. The molecule has 0 aromatic heterocycles. The Balaban J connectivity index is 3.72. The molecule has 0 rings (SSSR count). The molecule has 0 radical (unpaired) electrons. The highest BCUT2D eigenvalue weighted by molar-refractivity contribution is 5.79. The number of nitrogens with zero attached hydrogens (tertiary/aromatic N) is 1. The van der Waals surface area contributed by atoms with Gasteiger partial charge in [-0.1, -0.05) is 20.3 Å². The normalized spacial score (nSPS) is 11.6. The summed E-state index contributed by atoms with van der Waals surface area (Å²) in [5.74, 6) is 1.37. The fourth-order valence-electron chi connectivity index (χ4n) is 1.86. The minimum Gasteiger partial charge on any atom is -0.469 e. The monoisotopic (exact) mass is 329 g/mol. The van der Waals surface area contributed by atoms with Crippen molar-refractivity contribution in [1.82, 2.24) is 10.6 Å². The Morgan fingerprint density at radius 2 is 1.91 bits per heavy atom. The summed E-state index contributed by atoms with van der Waals surface area (Å²) in [5, 5.41) is 6.49. The van der Waals surface area contributed by atoms with Crippen LogP contribution in [0.5, 0.6) is 0 Å². The van der Waals surface area contributed by atoms with Crippen molar-refractivity contribution in [3.05, 3.63) is 0 Å². The topological polar surface area (TPSA) is 72.0 Å². The Bertz CT molecular complexity index is 320. The van der Waals surface area contributed by atoms with Crippen molar-refractivity contribution in [2.75, 3.05) is 40.0 Å². The number of ether oxygens (including phenoxy) is 2. The molecule has 0 bridgehead atoms. The first-order valence-electron chi connectivity index (χ1n) is 8.76. The van der Waals surface area contributed by atoms with Crippen LogP contribution in [0.15, 0.2) is 4.99 Å². The molecule has 0 aromatic carbocycles. The maximum atomic E-state index is 11.0. The number of methoxy groups -OCH3 is 1. The van der Waals surface area contributed by atoms with Gasteiger partial charge >= 0.3 is 5.97 Å². The van der Waals surface area contributed by atoms with Crippen LogP contribution in [0.3, 0.4) is 0 Å². The third kappa shape index (κ3) is 15.4. The van der Waals surface area contributed by atoms with Gasteiger partial charge in [0, 0.05) is 32.7 Å². The summed E-state index contributed by atoms with van der Waals surface area (Å²) in [6, 6.07) is 0. The van der Waals surface area contributed by atoms with Crippen LogP contribution in [0, 0.1) is 5.92 Å². The molecule has 2 N–H and O–H groups in total. The van der Waals surface area contributed by atoms with E-state index in [9.17, 15) is 4.79 Å². The first kappa shape index (κ1) is 21.7. The fraction of sp³-hybridized carbons (Fsp3) is 0.882. The number of unbranched alkanes of at least 4 members (excludes halogenated alkanes) is 2. The van der Waals surface area contributed by atoms with Crippen LogP contribution in [0.2, 0.25) is 0 Å². The number of carbonyl (C=O) groups excluding carboxylic acids is 1. The van der Waals surface area contributed by atoms with E-state index in [2.05, 4.69) is 34.2 Å². The van der Waals surface area contributed by atoms with E-state index in [1.165, 1.54) is 7.11 Å². The summed E-state index contributed by atoms with van der Waals surface area (Å²) in [6.07, 6.45) is 4.40. The highest BCUT2D eigenvalue weighted by Crippen LogP contribution is 2.01. The molecule has 0 amide bonds. The van der Waals surface area contributed by atoms with Crippen LogP contribution < -0.4 is 10.6 Å². The number of aliphatic imine (C=N–C) groups is 1. The molecular formula is C17H35N3O3. The summed E-state index contributed by atoms with van der Waals surface area (Å²) in [6.45, 7) is 10.3. The van der Waals surface area contributed by atoms with Gasteiger partial charge in [0.1, 0.15) is 0 Å². The van der Waals surface area contributed by atoms with Crippen LogP contribution in [-0.4, -0.2) is 51.9 Å². The fourth-order valence-corrected chi connectivity index (χ4v) is 1.86. The van der Waals surface area contributed by atoms with E-state index in [0.29, 0.717) is 18.9 Å². The maximum absolute atomic E-state index is 11.0. The average Bonchev–Trinajstić information content (AvgIpc) is 2.53. The minimum atomic E-state index is -0.138. The molecule has 0 atom stereocenters. The van der Waals surface area contributed by atoms with E-state index < -0.39 is 0 Å². The van der Waals surface area contributed by atoms with Crippen molar-refractivity contribution in [2.24, 2.45) is 10.9 Å². The Labute approximate surface area is 141 Å². The number of nitrogens with one attached hydrogen (secondary N) is 2. The third-order valence-electron chi connectivity index (χ3n) is 3.26. The highest BCUT2D eigenvalue weighted by atomic mass is 16.5. The second-order valence-corrected chi connectivity index (χ2v) is 5.87. The van der Waals surface area contributed by atoms with Crippen molar-refractivity contribution in [3.8, 4) is 0 Å². The van der Waals surface area contributed by atoms with Gasteiger partial charge < -0.3 is 20.1 Å². The molecule has 23 heavy (non-hydrogen) atoms. The van der Waals surface area contributed by atoms with Crippen LogP contribution in [0.4, 0.5) is 0 Å². The van der Waals surface area contributed by atoms with Crippen LogP contribution in [0.1, 0.15) is 52.9 Å². The van der Waals surface area contributed by atoms with Crippen LogP contribution in [0.25, 0.3) is 0 Å². The number of esters is 1. The smallest absolute Gasteiger partial charge is 0.305 e. The van der Waals surface area contributed by atoms with Crippen molar-refractivity contribution >= 4 is 11.9 Å². The summed E-state index contributed by atoms with van der Waals surface area (Å²) >= 11 is 0. The summed E-state index contributed by atoms with van der Waals surface area (Å²) in [7, 11) is 1.42. The predicted molar refractivity (Wildman–Crippen MR) is 94.7 cm³/mol. The van der Waals surface area contributed by atoms with E-state index >= 15 is 0 Å². The maximum Gasteiger partial charge on any atom is 0.305 e. The average molecular weight is 329 g/mol. The van der Waals surface area contributed by atoms with Crippen molar-refractivity contribution in [2.45, 2.75) is 52.9 Å². The lowest BCUT2D eigenvalue weighted by atomic mass is 10.1. The van der Waals surface area contributed by atoms with Gasteiger partial charge in [-0.05, 0) is 32.1 Å². The van der Waals surface area contributed by atoms with Crippen LogP contribution in [-0.2, 0) is 14.3 Å². The Morgan fingerprint density at radius 3 is 2.57 bits per heavy atom. The van der Waals surface area contributed by atoms with E-state index in [4.69, 9.17) is 4.74 Å². The van der Waals surface area contributed by atoms with Crippen molar-refractivity contribution < 1.29 is 14.3 Å². The number of carbonyl (C=O) groups is 1. The van der Waals surface area contributed by atoms with Crippen molar-refractivity contribution in [1.29, 1.82) is 0 Å². The molecule has 6 heteroatoms. The van der Waals surface area contributed by atoms with Gasteiger partial charge in [0.2, 0.25) is 0 Å². The van der Waals surface area contributed by atoms with Gasteiger partial charge in [-0.25, -0.2) is 0 Å². The molecule has 0 saturated heterocycles. The zero-order chi connectivity index (χ0) is 17.3. The highest BCUT2D eigenvalue weighted by Gasteiger charge is 2.00. The number of hydrogen-bond donors (Lipinski definition) is 2. The first-order valence-corrected chi connectivity index (χ1v) is 8.76. The van der Waals surface area contributed by atoms with Gasteiger partial charge in [-0.3, -0.25) is 9.79 Å². The van der Waals surface area contributed by atoms with Gasteiger partial charge in [-0.2, -0.15) is 0 Å². The summed E-state index contributed by atoms with van der Waals surface area (Å²) < 4.78 is 10.2. The molecule has 0 aliphatic heterocycles. The van der Waals surface area contributed by atoms with E-state index in [1.54, 1.807) is 0 Å². The van der Waals surface area contributed by atoms with E-state index in [-0.39, 0.29) is 5.97 Å². The minimum absolute atomic E-state index is 0.138. The first-order chi connectivity index (χ1) is 11.1. The number of guanidine groups is 1. The lowest BCUT2D eigenvalue weighted by Gasteiger charge is -2.12. The van der Waals surface area contributed by atoms with Gasteiger partial charge in [0.05, 0.1) is 13.7 Å². The molecule has 6 nitrogen and oxygen atoms in total. The molecule has 136 valence electrons. The quantitative estimate of drug-likeness (QED) is 0.235. The molecule has 0 saturated carbocycles. The largest absolute Gasteiger partial charge is 0.469 e. The molecule has 0 aromatic rings. The zero-order valence-electron chi connectivity index (χ0n) is 15.3. The molecule has 0 aliphatic carbocycles. The Hall–Kier alpha value is -1.30. The molecule has 0 fully saturated rings. The van der Waals surface area contributed by atoms with Crippen LogP contribution >= 0.6 is 0 Å². The lowest BCUT2D eigenvalue weighted by Crippen LogP contribution is -2.39. The number of hydrogen-bond acceptors (Lipinski definition) is 4. The van der Waals surface area contributed by atoms with Crippen molar-refractivity contribution in [3.63, 3.8) is 0 Å². The second-order valence-electron chi connectivity index (χ2n) is 5.87. The molecule has 0 unspecified atom stereocenters. The second kappa shape index (κ2) is 15.6. The number of rotatable bonds is 13. The molecule has 0 aliphatic rings. The summed E-state index contributed by atoms with van der Waals surface area (Å²) in [4.78, 5) is 15.5. The van der Waals surface area contributed by atoms with Gasteiger partial charge in [0.25, 0.3) is 0 Å². The van der Waals surface area contributed by atoms with E-state index in [1.807, 2.05) is 6.92 Å². The summed E-state index contributed by atoms with van der Waals surface area (Å²) in [5.41, 5.74) is 0. The van der Waals surface area contributed by atoms with E-state index in [0.717, 1.165) is 57.9 Å². The zero-order valence-corrected chi connectivity index (χ0v) is 15.3. The molecule has 0 heterocycles. The predicted octanol–water partition coefficient (Wildman–Crippen LogP) is 2.34. The molecular weight excluding hydrogens is 294 g/mol. The Kier molecular flexibility index (Phi) is 14.7. The Morgan fingerprint density at radius 1 is 1.13 bits per heavy atom. The van der Waals surface area contributed by atoms with Gasteiger partial charge in [-0.15, -0.1) is 0 Å². The standard InChI is InChI=1S/C17H35N3O3/c1-5-18-17(20-12-14-23-13-10-15(2)3)19-11-8-6-7-9-16(21)22-4/h15H,5-14H2,1-4H3,(H2,18,19,20).